The van der Waals surface area contributed by atoms with Crippen LogP contribution < -0.4 is 5.73 Å². The third-order valence-electron chi connectivity index (χ3n) is 2.09. The minimum absolute atomic E-state index is 0.311. The molecule has 0 unspecified atom stereocenters. The number of nitrogens with two attached hydrogens (primary N) is 1. The average Bonchev–Trinajstić information content (AvgIpc) is 2.27. The number of carbonyl (C=O) groups is 2. The van der Waals surface area contributed by atoms with Crippen molar-refractivity contribution in [2.24, 2.45) is 10.7 Å². The molecule has 0 radical (unpaired) electrons. The van der Waals surface area contributed by atoms with Gasteiger partial charge in [-0.3, -0.25) is 4.90 Å². The van der Waals surface area contributed by atoms with Crippen LogP contribution in [-0.2, 0) is 11.3 Å². The number of nitrogens with zero attached hydrogens (tertiary/aromatic N) is 2. The van der Waals surface area contributed by atoms with Crippen molar-refractivity contribution in [3.8, 4) is 0 Å². The lowest BCUT2D eigenvalue weighted by atomic mass is 10.1. The molecule has 1 heterocycles. The maximum atomic E-state index is 11.3. The molecule has 0 saturated carbocycles. The second kappa shape index (κ2) is 4.01. The zero-order chi connectivity index (χ0) is 11.5. The number of aliphatic imine (C=N–C) groups is 1. The third-order valence-corrected chi connectivity index (χ3v) is 2.09. The molecule has 0 aromatic heterocycles. The van der Waals surface area contributed by atoms with Gasteiger partial charge in [-0.15, -0.1) is 0 Å². The van der Waals surface area contributed by atoms with Gasteiger partial charge in [0.2, 0.25) is 0 Å². The van der Waals surface area contributed by atoms with Gasteiger partial charge in [0.1, 0.15) is 6.34 Å². The minimum Gasteiger partial charge on any atom is -0.359 e. The van der Waals surface area contributed by atoms with Crippen molar-refractivity contribution in [3.63, 3.8) is 0 Å². The van der Waals surface area contributed by atoms with Crippen LogP contribution in [0.5, 0.6) is 0 Å². The predicted octanol–water partition coefficient (Wildman–Crippen LogP) is 1.38. The van der Waals surface area contributed by atoms with Crippen LogP contribution in [0.2, 0.25) is 0 Å². The number of carbonyl (C=O) groups excluding carboxylic acids is 2. The van der Waals surface area contributed by atoms with Gasteiger partial charge in [0.25, 0.3) is 0 Å². The van der Waals surface area contributed by atoms with Gasteiger partial charge in [-0.05, 0) is 11.6 Å². The monoisotopic (exact) mass is 219 g/mol. The summed E-state index contributed by atoms with van der Waals surface area (Å²) in [5.41, 5.74) is 6.42. The highest BCUT2D eigenvalue weighted by Gasteiger charge is 2.20. The number of rotatable bonds is 0. The second-order valence-electron chi connectivity index (χ2n) is 3.19. The molecule has 1 aliphatic rings. The highest BCUT2D eigenvalue weighted by atomic mass is 16.6. The topological polar surface area (TPSA) is 85.0 Å². The molecule has 0 spiro atoms. The molecule has 0 atom stereocenters. The molecular formula is C10H9N3O3. The summed E-state index contributed by atoms with van der Waals surface area (Å²) >= 11 is 0. The van der Waals surface area contributed by atoms with Crippen LogP contribution in [0.15, 0.2) is 29.3 Å². The van der Waals surface area contributed by atoms with Crippen molar-refractivity contribution in [2.45, 2.75) is 6.54 Å². The molecule has 6 heteroatoms. The smallest absolute Gasteiger partial charge is 0.359 e. The van der Waals surface area contributed by atoms with Gasteiger partial charge in [-0.25, -0.2) is 14.6 Å². The first-order valence-corrected chi connectivity index (χ1v) is 4.57. The SMILES string of the molecule is NC(=O)OC(=O)N1C=Nc2ccccc2C1. The van der Waals surface area contributed by atoms with Crippen LogP contribution in [0.3, 0.4) is 0 Å². The molecule has 2 rings (SSSR count). The summed E-state index contributed by atoms with van der Waals surface area (Å²) in [6.07, 6.45) is -0.642. The van der Waals surface area contributed by atoms with Gasteiger partial charge >= 0.3 is 12.2 Å². The number of para-hydroxylation sites is 1. The Labute approximate surface area is 91.3 Å². The number of ether oxygens (including phenoxy) is 1. The molecule has 0 fully saturated rings. The van der Waals surface area contributed by atoms with E-state index in [2.05, 4.69) is 9.73 Å². The van der Waals surface area contributed by atoms with E-state index in [1.807, 2.05) is 24.3 Å². The Morgan fingerprint density at radius 3 is 2.88 bits per heavy atom. The molecule has 0 bridgehead atoms. The molecule has 1 aromatic rings. The van der Waals surface area contributed by atoms with E-state index < -0.39 is 12.2 Å². The molecule has 0 aliphatic carbocycles. The Kier molecular flexibility index (Phi) is 2.55. The first-order valence-electron chi connectivity index (χ1n) is 4.57. The normalized spacial score (nSPS) is 13.1. The van der Waals surface area contributed by atoms with E-state index >= 15 is 0 Å². The fourth-order valence-corrected chi connectivity index (χ4v) is 1.38. The van der Waals surface area contributed by atoms with Gasteiger partial charge < -0.3 is 10.5 Å². The number of primary amides is 1. The lowest BCUT2D eigenvalue weighted by Gasteiger charge is -2.20. The third kappa shape index (κ3) is 2.00. The molecule has 1 aromatic carbocycles. The lowest BCUT2D eigenvalue weighted by molar-refractivity contribution is 0.139. The highest BCUT2D eigenvalue weighted by molar-refractivity contribution is 5.91. The minimum atomic E-state index is -1.13. The largest absolute Gasteiger partial charge is 0.424 e. The number of amides is 2. The van der Waals surface area contributed by atoms with Crippen molar-refractivity contribution in [3.05, 3.63) is 29.8 Å². The van der Waals surface area contributed by atoms with Crippen LogP contribution in [0, 0.1) is 0 Å². The van der Waals surface area contributed by atoms with Crippen molar-refractivity contribution < 1.29 is 14.3 Å². The molecule has 2 N–H and O–H groups in total. The van der Waals surface area contributed by atoms with E-state index in [9.17, 15) is 9.59 Å². The summed E-state index contributed by atoms with van der Waals surface area (Å²) in [7, 11) is 0. The van der Waals surface area contributed by atoms with Crippen molar-refractivity contribution in [2.75, 3.05) is 0 Å². The van der Waals surface area contributed by atoms with Gasteiger partial charge in [-0.1, -0.05) is 18.2 Å². The zero-order valence-corrected chi connectivity index (χ0v) is 8.29. The van der Waals surface area contributed by atoms with E-state index in [0.29, 0.717) is 6.54 Å². The zero-order valence-electron chi connectivity index (χ0n) is 8.29. The molecule has 2 amide bonds. The van der Waals surface area contributed by atoms with E-state index in [4.69, 9.17) is 5.73 Å². The summed E-state index contributed by atoms with van der Waals surface area (Å²) in [5.74, 6) is 0. The van der Waals surface area contributed by atoms with Crippen LogP contribution in [0.1, 0.15) is 5.56 Å². The first kappa shape index (κ1) is 10.2. The highest BCUT2D eigenvalue weighted by Crippen LogP contribution is 2.23. The van der Waals surface area contributed by atoms with Crippen molar-refractivity contribution in [1.29, 1.82) is 0 Å². The maximum Gasteiger partial charge on any atom is 0.424 e. The lowest BCUT2D eigenvalue weighted by Crippen LogP contribution is -2.34. The number of hydrogen-bond donors (Lipinski definition) is 1. The van der Waals surface area contributed by atoms with Crippen LogP contribution >= 0.6 is 0 Å². The van der Waals surface area contributed by atoms with Crippen molar-refractivity contribution >= 4 is 24.2 Å². The molecular weight excluding hydrogens is 210 g/mol. The summed E-state index contributed by atoms with van der Waals surface area (Å²) in [5, 5.41) is 0. The van der Waals surface area contributed by atoms with Crippen LogP contribution in [-0.4, -0.2) is 23.4 Å². The summed E-state index contributed by atoms with van der Waals surface area (Å²) < 4.78 is 4.24. The van der Waals surface area contributed by atoms with Crippen molar-refractivity contribution in [1.82, 2.24) is 4.90 Å². The number of hydrogen-bond acceptors (Lipinski definition) is 4. The van der Waals surface area contributed by atoms with E-state index in [-0.39, 0.29) is 0 Å². The Morgan fingerprint density at radius 2 is 2.12 bits per heavy atom. The second-order valence-corrected chi connectivity index (χ2v) is 3.19. The van der Waals surface area contributed by atoms with Crippen LogP contribution in [0.25, 0.3) is 0 Å². The Balaban J connectivity index is 2.14. The molecule has 6 nitrogen and oxygen atoms in total. The van der Waals surface area contributed by atoms with Gasteiger partial charge in [-0.2, -0.15) is 0 Å². The Hall–Kier alpha value is -2.37. The summed E-state index contributed by atoms with van der Waals surface area (Å²) in [4.78, 5) is 27.0. The van der Waals surface area contributed by atoms with E-state index in [1.54, 1.807) is 0 Å². The quantitative estimate of drug-likeness (QED) is 0.669. The average molecular weight is 219 g/mol. The van der Waals surface area contributed by atoms with Gasteiger partial charge in [0.15, 0.2) is 0 Å². The Bertz CT molecular complexity index is 470. The molecule has 16 heavy (non-hydrogen) atoms. The standard InChI is InChI=1S/C10H9N3O3/c11-9(14)16-10(15)13-5-7-3-1-2-4-8(7)12-6-13/h1-4,6H,5H2,(H2,11,14). The first-order chi connectivity index (χ1) is 7.66. The summed E-state index contributed by atoms with van der Waals surface area (Å²) in [6.45, 7) is 0.311. The molecule has 1 aliphatic heterocycles. The van der Waals surface area contributed by atoms with Gasteiger partial charge in [0.05, 0.1) is 12.2 Å². The molecule has 82 valence electrons. The van der Waals surface area contributed by atoms with E-state index in [1.165, 1.54) is 11.2 Å². The summed E-state index contributed by atoms with van der Waals surface area (Å²) in [6, 6.07) is 7.38. The maximum absolute atomic E-state index is 11.3. The fraction of sp³-hybridized carbons (Fsp3) is 0.100. The number of benzene rings is 1. The number of fused-ring (bicyclic) bond motifs is 1. The van der Waals surface area contributed by atoms with Crippen LogP contribution in [0.4, 0.5) is 15.3 Å². The fourth-order valence-electron chi connectivity index (χ4n) is 1.38. The predicted molar refractivity (Wildman–Crippen MR) is 56.2 cm³/mol. The Morgan fingerprint density at radius 1 is 1.38 bits per heavy atom. The molecule has 0 saturated heterocycles. The van der Waals surface area contributed by atoms with Gasteiger partial charge in [0, 0.05) is 0 Å². The van der Waals surface area contributed by atoms with E-state index in [0.717, 1.165) is 11.3 Å².